The van der Waals surface area contributed by atoms with Crippen LogP contribution >= 0.6 is 11.3 Å². The predicted octanol–water partition coefficient (Wildman–Crippen LogP) is 3.29. The highest BCUT2D eigenvalue weighted by atomic mass is 32.1. The van der Waals surface area contributed by atoms with E-state index < -0.39 is 0 Å². The van der Waals surface area contributed by atoms with Crippen molar-refractivity contribution >= 4 is 17.1 Å². The second-order valence-electron chi connectivity index (χ2n) is 4.88. The number of thiazole rings is 1. The monoisotopic (exact) mass is 253 g/mol. The molecule has 94 valence electrons. The number of carbonyl (C=O) groups excluding carboxylic acids is 1. The van der Waals surface area contributed by atoms with E-state index in [1.165, 1.54) is 5.01 Å². The van der Waals surface area contributed by atoms with E-state index in [0.29, 0.717) is 31.1 Å². The molecule has 0 unspecified atom stereocenters. The third-order valence-corrected chi connectivity index (χ3v) is 4.21. The molecule has 1 aliphatic carbocycles. The van der Waals surface area contributed by atoms with Crippen molar-refractivity contribution in [3.8, 4) is 0 Å². The summed E-state index contributed by atoms with van der Waals surface area (Å²) < 4.78 is 5.80. The first-order chi connectivity index (χ1) is 8.15. The normalized spacial score (nSPS) is 17.9. The number of carbonyl (C=O) groups is 1. The molecule has 0 amide bonds. The van der Waals surface area contributed by atoms with Gasteiger partial charge >= 0.3 is 0 Å². The molecule has 17 heavy (non-hydrogen) atoms. The summed E-state index contributed by atoms with van der Waals surface area (Å²) in [5.41, 5.74) is 1.02. The van der Waals surface area contributed by atoms with E-state index in [2.05, 4.69) is 24.2 Å². The molecule has 1 fully saturated rings. The zero-order chi connectivity index (χ0) is 12.3. The van der Waals surface area contributed by atoms with Crippen LogP contribution < -0.4 is 0 Å². The molecule has 1 saturated carbocycles. The van der Waals surface area contributed by atoms with Gasteiger partial charge in [-0.2, -0.15) is 0 Å². The Kier molecular flexibility index (Phi) is 4.29. The number of nitrogens with zero attached hydrogens (tertiary/aromatic N) is 1. The molecule has 2 rings (SSSR count). The molecule has 0 bridgehead atoms. The molecule has 4 heteroatoms. The van der Waals surface area contributed by atoms with Crippen LogP contribution in [0.15, 0.2) is 5.38 Å². The second kappa shape index (κ2) is 5.74. The molecule has 1 aromatic heterocycles. The summed E-state index contributed by atoms with van der Waals surface area (Å²) in [5.74, 6) is 0.863. The standard InChI is InChI=1S/C13H19NO2S/c1-9(2)13-14-10(8-17-13)7-16-12-5-3-11(15)4-6-12/h8-9,12H,3-7H2,1-2H3. The van der Waals surface area contributed by atoms with Crippen LogP contribution in [-0.4, -0.2) is 16.9 Å². The maximum Gasteiger partial charge on any atom is 0.133 e. The van der Waals surface area contributed by atoms with Gasteiger partial charge in [-0.3, -0.25) is 4.79 Å². The van der Waals surface area contributed by atoms with Crippen LogP contribution in [0, 0.1) is 0 Å². The first kappa shape index (κ1) is 12.7. The van der Waals surface area contributed by atoms with Crippen molar-refractivity contribution in [2.75, 3.05) is 0 Å². The lowest BCUT2D eigenvalue weighted by molar-refractivity contribution is -0.123. The third kappa shape index (κ3) is 3.61. The van der Waals surface area contributed by atoms with Crippen molar-refractivity contribution in [2.45, 2.75) is 58.2 Å². The lowest BCUT2D eigenvalue weighted by Gasteiger charge is -2.20. The topological polar surface area (TPSA) is 39.2 Å². The quantitative estimate of drug-likeness (QED) is 0.826. The minimum absolute atomic E-state index is 0.247. The molecule has 0 atom stereocenters. The molecule has 0 radical (unpaired) electrons. The molecule has 3 nitrogen and oxygen atoms in total. The van der Waals surface area contributed by atoms with Crippen molar-refractivity contribution in [1.82, 2.24) is 4.98 Å². The number of ether oxygens (including phenoxy) is 1. The molecule has 0 N–H and O–H groups in total. The van der Waals surface area contributed by atoms with E-state index in [1.807, 2.05) is 0 Å². The van der Waals surface area contributed by atoms with Crippen LogP contribution in [-0.2, 0) is 16.1 Å². The van der Waals surface area contributed by atoms with Gasteiger partial charge in [0.15, 0.2) is 0 Å². The summed E-state index contributed by atoms with van der Waals surface area (Å²) in [6.07, 6.45) is 3.36. The maximum atomic E-state index is 11.1. The summed E-state index contributed by atoms with van der Waals surface area (Å²) >= 11 is 1.70. The smallest absolute Gasteiger partial charge is 0.133 e. The highest BCUT2D eigenvalue weighted by Crippen LogP contribution is 2.22. The fraction of sp³-hybridized carbons (Fsp3) is 0.692. The van der Waals surface area contributed by atoms with Crippen molar-refractivity contribution < 1.29 is 9.53 Å². The van der Waals surface area contributed by atoms with Gasteiger partial charge in [0, 0.05) is 24.1 Å². The van der Waals surface area contributed by atoms with Crippen LogP contribution in [0.3, 0.4) is 0 Å². The van der Waals surface area contributed by atoms with Crippen molar-refractivity contribution in [1.29, 1.82) is 0 Å². The molecule has 0 saturated heterocycles. The highest BCUT2D eigenvalue weighted by molar-refractivity contribution is 7.09. The van der Waals surface area contributed by atoms with Crippen LogP contribution in [0.4, 0.5) is 0 Å². The van der Waals surface area contributed by atoms with E-state index >= 15 is 0 Å². The average Bonchev–Trinajstić information content (AvgIpc) is 2.77. The van der Waals surface area contributed by atoms with E-state index in [4.69, 9.17) is 4.74 Å². The Morgan fingerprint density at radius 2 is 2.18 bits per heavy atom. The lowest BCUT2D eigenvalue weighted by Crippen LogP contribution is -2.21. The molecule has 1 aromatic rings. The minimum atomic E-state index is 0.247. The molecule has 1 aliphatic rings. The van der Waals surface area contributed by atoms with Crippen LogP contribution in [0.1, 0.15) is 56.2 Å². The number of aromatic nitrogens is 1. The summed E-state index contributed by atoms with van der Waals surface area (Å²) in [5, 5.41) is 3.24. The lowest BCUT2D eigenvalue weighted by atomic mass is 9.96. The van der Waals surface area contributed by atoms with E-state index in [-0.39, 0.29) is 6.10 Å². The molecule has 0 spiro atoms. The summed E-state index contributed by atoms with van der Waals surface area (Å²) in [7, 11) is 0. The van der Waals surface area contributed by atoms with Crippen LogP contribution in [0.2, 0.25) is 0 Å². The molecular formula is C13H19NO2S. The molecule has 0 aromatic carbocycles. The van der Waals surface area contributed by atoms with E-state index in [1.54, 1.807) is 11.3 Å². The number of rotatable bonds is 4. The number of hydrogen-bond donors (Lipinski definition) is 0. The fourth-order valence-corrected chi connectivity index (χ4v) is 2.76. The van der Waals surface area contributed by atoms with Gasteiger partial charge in [-0.1, -0.05) is 13.8 Å². The van der Waals surface area contributed by atoms with Gasteiger partial charge in [-0.25, -0.2) is 4.98 Å². The van der Waals surface area contributed by atoms with Gasteiger partial charge < -0.3 is 4.74 Å². The predicted molar refractivity (Wildman–Crippen MR) is 68.3 cm³/mol. The summed E-state index contributed by atoms with van der Waals surface area (Å²) in [6, 6.07) is 0. The van der Waals surface area contributed by atoms with Crippen molar-refractivity contribution in [2.24, 2.45) is 0 Å². The van der Waals surface area contributed by atoms with E-state index in [9.17, 15) is 4.79 Å². The van der Waals surface area contributed by atoms with Gasteiger partial charge in [0.1, 0.15) is 5.78 Å². The zero-order valence-corrected chi connectivity index (χ0v) is 11.3. The minimum Gasteiger partial charge on any atom is -0.372 e. The maximum absolute atomic E-state index is 11.1. The fourth-order valence-electron chi connectivity index (χ4n) is 1.94. The van der Waals surface area contributed by atoms with E-state index in [0.717, 1.165) is 18.5 Å². The average molecular weight is 253 g/mol. The Morgan fingerprint density at radius 3 is 2.76 bits per heavy atom. The second-order valence-corrected chi connectivity index (χ2v) is 5.77. The molecular weight excluding hydrogens is 234 g/mol. The Balaban J connectivity index is 1.79. The van der Waals surface area contributed by atoms with Crippen molar-refractivity contribution in [3.63, 3.8) is 0 Å². The Labute approximate surface area is 106 Å². The summed E-state index contributed by atoms with van der Waals surface area (Å²) in [4.78, 5) is 15.6. The van der Waals surface area contributed by atoms with Gasteiger partial charge in [-0.15, -0.1) is 11.3 Å². The summed E-state index contributed by atoms with van der Waals surface area (Å²) in [6.45, 7) is 4.88. The largest absolute Gasteiger partial charge is 0.372 e. The number of hydrogen-bond acceptors (Lipinski definition) is 4. The Morgan fingerprint density at radius 1 is 1.47 bits per heavy atom. The van der Waals surface area contributed by atoms with Gasteiger partial charge in [0.05, 0.1) is 23.4 Å². The SMILES string of the molecule is CC(C)c1nc(COC2CCC(=O)CC2)cs1. The third-order valence-electron chi connectivity index (χ3n) is 3.02. The van der Waals surface area contributed by atoms with Crippen LogP contribution in [0.5, 0.6) is 0 Å². The molecule has 1 heterocycles. The highest BCUT2D eigenvalue weighted by Gasteiger charge is 2.19. The Hall–Kier alpha value is -0.740. The van der Waals surface area contributed by atoms with Gasteiger partial charge in [0.25, 0.3) is 0 Å². The Bertz CT molecular complexity index is 377. The first-order valence-electron chi connectivity index (χ1n) is 6.22. The number of ketones is 1. The molecule has 0 aliphatic heterocycles. The van der Waals surface area contributed by atoms with Gasteiger partial charge in [0.2, 0.25) is 0 Å². The number of Topliss-reactive ketones (excluding diaryl/α,β-unsaturated/α-hetero) is 1. The van der Waals surface area contributed by atoms with Gasteiger partial charge in [-0.05, 0) is 12.8 Å². The van der Waals surface area contributed by atoms with Crippen LogP contribution in [0.25, 0.3) is 0 Å². The zero-order valence-electron chi connectivity index (χ0n) is 10.4. The first-order valence-corrected chi connectivity index (χ1v) is 7.10. The van der Waals surface area contributed by atoms with Crippen molar-refractivity contribution in [3.05, 3.63) is 16.1 Å².